The zero-order valence-corrected chi connectivity index (χ0v) is 43.5. The minimum Gasteiger partial charge on any atom is -0.490 e. The van der Waals surface area contributed by atoms with Crippen molar-refractivity contribution in [3.8, 4) is 28.4 Å². The summed E-state index contributed by atoms with van der Waals surface area (Å²) < 4.78 is 20.5. The van der Waals surface area contributed by atoms with Crippen LogP contribution in [0.4, 0.5) is 0 Å². The molecule has 6 rings (SSSR count). The van der Waals surface area contributed by atoms with E-state index in [-0.39, 0.29) is 0 Å². The van der Waals surface area contributed by atoms with Crippen molar-refractivity contribution in [1.29, 1.82) is 0 Å². The number of nitrogens with one attached hydrogen (secondary N) is 2. The van der Waals surface area contributed by atoms with Crippen molar-refractivity contribution >= 4 is 46.4 Å². The Morgan fingerprint density at radius 2 is 0.725 bits per heavy atom. The second-order valence-electron chi connectivity index (χ2n) is 20.0. The smallest absolute Gasteiger partial charge is 0.203 e. The van der Waals surface area contributed by atoms with Crippen molar-refractivity contribution < 1.29 is 14.2 Å². The number of unbranched alkanes of at least 4 members (excludes halogenated alkanes) is 27. The minimum atomic E-state index is 0.653. The summed E-state index contributed by atoms with van der Waals surface area (Å²) in [6.07, 6.45) is 47.0. The van der Waals surface area contributed by atoms with Crippen LogP contribution in [-0.4, -0.2) is 39.8 Å². The van der Waals surface area contributed by atoms with Crippen LogP contribution in [0.25, 0.3) is 57.5 Å². The highest BCUT2D eigenvalue weighted by molar-refractivity contribution is 5.89. The molecule has 0 radical (unpaired) electrons. The molecule has 0 spiro atoms. The van der Waals surface area contributed by atoms with Crippen LogP contribution >= 0.6 is 0 Å². The molecule has 0 unspecified atom stereocenters. The van der Waals surface area contributed by atoms with Crippen LogP contribution in [0.5, 0.6) is 17.2 Å². The van der Waals surface area contributed by atoms with E-state index in [9.17, 15) is 0 Å². The van der Waals surface area contributed by atoms with Gasteiger partial charge in [-0.1, -0.05) is 194 Å². The van der Waals surface area contributed by atoms with Crippen LogP contribution in [0, 0.1) is 0 Å². The molecule has 8 bridgehead atoms. The summed E-state index contributed by atoms with van der Waals surface area (Å²) in [6.45, 7) is 8.84. The third-order valence-corrected chi connectivity index (χ3v) is 13.8. The largest absolute Gasteiger partial charge is 0.490 e. The predicted octanol–water partition coefficient (Wildman–Crippen LogP) is 19.2. The lowest BCUT2D eigenvalue weighted by Gasteiger charge is -2.19. The van der Waals surface area contributed by atoms with E-state index >= 15 is 0 Å². The van der Waals surface area contributed by atoms with Crippen molar-refractivity contribution in [2.75, 3.05) is 19.8 Å². The van der Waals surface area contributed by atoms with E-state index in [4.69, 9.17) is 24.2 Å². The Morgan fingerprint density at radius 3 is 1.17 bits per heavy atom. The summed E-state index contributed by atoms with van der Waals surface area (Å²) in [5, 5.41) is 0. The van der Waals surface area contributed by atoms with Crippen molar-refractivity contribution in [2.24, 2.45) is 0 Å². The quantitative estimate of drug-likeness (QED) is 0.0380. The number of benzene rings is 1. The number of nitrogens with zero attached hydrogens (tertiary/aromatic N) is 2. The Balaban J connectivity index is 1.25. The molecular weight excluding hydrogens is 849 g/mol. The first-order valence-corrected chi connectivity index (χ1v) is 28.3. The van der Waals surface area contributed by atoms with Gasteiger partial charge in [0.05, 0.1) is 42.6 Å². The average molecular weight is 939 g/mol. The SMILES string of the molecule is CCCCCCCCCCCCOc1cc(-c2cc3cc4ccc(cc5nc(cc6nc(cc2[nH]3)C=C6)C=C5)[nH]4)cc(OCCCCCCCCCCCC)c1OCCCCCCCCCCCC. The molecule has 376 valence electrons. The summed E-state index contributed by atoms with van der Waals surface area (Å²) in [5.74, 6) is 2.31. The fraction of sp³-hybridized carbons (Fsp3) is 0.581. The molecular formula is C62H90N4O3. The molecule has 0 saturated heterocycles. The standard InChI is InChI=1S/C62H90N4O3/c1-4-7-10-13-16-19-22-25-28-31-40-67-60-43-50(58-48-57-47-55-37-36-53(64-55)45-51-34-35-52(63-51)46-54-38-39-56(65-54)49-59(58)66-57)44-61(68-41-32-29-26-23-20-17-14-11-8-5-2)62(60)69-42-33-30-27-24-21-18-15-12-9-6-3/h34-39,43-49,64,66H,4-33,40-42H2,1-3H3. The van der Waals surface area contributed by atoms with Gasteiger partial charge in [-0.25, -0.2) is 9.97 Å². The molecule has 1 aromatic carbocycles. The number of rotatable bonds is 37. The third kappa shape index (κ3) is 19.9. The van der Waals surface area contributed by atoms with E-state index in [0.717, 1.165) is 92.5 Å². The molecule has 2 aliphatic heterocycles. The van der Waals surface area contributed by atoms with Crippen LogP contribution in [0.1, 0.15) is 236 Å². The van der Waals surface area contributed by atoms with Crippen LogP contribution in [-0.2, 0) is 0 Å². The van der Waals surface area contributed by atoms with E-state index in [1.807, 2.05) is 18.2 Å². The highest BCUT2D eigenvalue weighted by Gasteiger charge is 2.19. The second kappa shape index (κ2) is 32.2. The van der Waals surface area contributed by atoms with E-state index in [0.29, 0.717) is 19.8 Å². The second-order valence-corrected chi connectivity index (χ2v) is 20.0. The van der Waals surface area contributed by atoms with E-state index in [1.54, 1.807) is 0 Å². The zero-order chi connectivity index (χ0) is 48.0. The maximum absolute atomic E-state index is 6.83. The molecule has 0 amide bonds. The molecule has 3 aromatic heterocycles. The number of hydrogen-bond donors (Lipinski definition) is 2. The lowest BCUT2D eigenvalue weighted by Crippen LogP contribution is -2.06. The Labute approximate surface area is 417 Å². The number of H-pyrrole nitrogens is 2. The Kier molecular flexibility index (Phi) is 25.0. The Hall–Kier alpha value is -4.78. The summed E-state index contributed by atoms with van der Waals surface area (Å²) in [7, 11) is 0. The van der Waals surface area contributed by atoms with Gasteiger partial charge in [0.25, 0.3) is 0 Å². The van der Waals surface area contributed by atoms with Crippen LogP contribution in [0.15, 0.2) is 54.6 Å². The van der Waals surface area contributed by atoms with Crippen molar-refractivity contribution in [3.63, 3.8) is 0 Å². The molecule has 7 nitrogen and oxygen atoms in total. The van der Waals surface area contributed by atoms with Crippen molar-refractivity contribution in [3.05, 3.63) is 77.4 Å². The molecule has 0 aliphatic carbocycles. The van der Waals surface area contributed by atoms with E-state index in [1.165, 1.54) is 173 Å². The van der Waals surface area contributed by atoms with Gasteiger partial charge in [-0.2, -0.15) is 0 Å². The van der Waals surface area contributed by atoms with Gasteiger partial charge in [0.1, 0.15) is 0 Å². The summed E-state index contributed by atoms with van der Waals surface area (Å²) in [6, 6.07) is 19.3. The normalized spacial score (nSPS) is 12.0. The molecule has 69 heavy (non-hydrogen) atoms. The molecule has 2 aliphatic rings. The number of hydrogen-bond acceptors (Lipinski definition) is 5. The van der Waals surface area contributed by atoms with Gasteiger partial charge in [-0.05, 0) is 104 Å². The number of aromatic nitrogens is 4. The maximum Gasteiger partial charge on any atom is 0.203 e. The predicted molar refractivity (Wildman–Crippen MR) is 296 cm³/mol. The van der Waals surface area contributed by atoms with Gasteiger partial charge in [0.2, 0.25) is 5.75 Å². The van der Waals surface area contributed by atoms with Crippen molar-refractivity contribution in [2.45, 2.75) is 213 Å². The van der Waals surface area contributed by atoms with Gasteiger partial charge in [-0.3, -0.25) is 0 Å². The first-order chi connectivity index (χ1) is 34.1. The Morgan fingerprint density at radius 1 is 0.348 bits per heavy atom. The molecule has 0 saturated carbocycles. The Bertz CT molecular complexity index is 2240. The topological polar surface area (TPSA) is 85.1 Å². The maximum atomic E-state index is 6.83. The van der Waals surface area contributed by atoms with Gasteiger partial charge < -0.3 is 24.2 Å². The molecule has 5 heterocycles. The highest BCUT2D eigenvalue weighted by Crippen LogP contribution is 2.43. The monoisotopic (exact) mass is 939 g/mol. The third-order valence-electron chi connectivity index (χ3n) is 13.8. The molecule has 4 aromatic rings. The van der Waals surface area contributed by atoms with Gasteiger partial charge in [0.15, 0.2) is 11.5 Å². The molecule has 0 fully saturated rings. The molecule has 2 N–H and O–H groups in total. The fourth-order valence-corrected chi connectivity index (χ4v) is 9.65. The molecule has 7 heteroatoms. The number of fused-ring (bicyclic) bond motifs is 8. The lowest BCUT2D eigenvalue weighted by atomic mass is 10.0. The van der Waals surface area contributed by atoms with Crippen LogP contribution < -0.4 is 14.2 Å². The number of ether oxygens (including phenoxy) is 3. The first kappa shape index (κ1) is 53.6. The van der Waals surface area contributed by atoms with E-state index in [2.05, 4.69) is 91.4 Å². The lowest BCUT2D eigenvalue weighted by molar-refractivity contribution is 0.234. The van der Waals surface area contributed by atoms with Crippen molar-refractivity contribution in [1.82, 2.24) is 19.9 Å². The summed E-state index contributed by atoms with van der Waals surface area (Å²) >= 11 is 0. The summed E-state index contributed by atoms with van der Waals surface area (Å²) in [5.41, 5.74) is 9.66. The van der Waals surface area contributed by atoms with Gasteiger partial charge in [0, 0.05) is 27.6 Å². The zero-order valence-electron chi connectivity index (χ0n) is 43.5. The molecule has 0 atom stereocenters. The fourth-order valence-electron chi connectivity index (χ4n) is 9.65. The minimum absolute atomic E-state index is 0.653. The number of aromatic amines is 2. The average Bonchev–Trinajstić information content (AvgIpc) is 4.19. The van der Waals surface area contributed by atoms with Crippen LogP contribution in [0.2, 0.25) is 0 Å². The highest BCUT2D eigenvalue weighted by atomic mass is 16.5. The van der Waals surface area contributed by atoms with Crippen LogP contribution in [0.3, 0.4) is 0 Å². The first-order valence-electron chi connectivity index (χ1n) is 28.3. The van der Waals surface area contributed by atoms with E-state index < -0.39 is 0 Å². The van der Waals surface area contributed by atoms with Gasteiger partial charge in [-0.15, -0.1) is 0 Å². The van der Waals surface area contributed by atoms with Gasteiger partial charge >= 0.3 is 0 Å². The summed E-state index contributed by atoms with van der Waals surface area (Å²) in [4.78, 5) is 17.2.